The zero-order valence-corrected chi connectivity index (χ0v) is 17.5. The fraction of sp³-hybridized carbons (Fsp3) is 0.348. The van der Waals surface area contributed by atoms with Crippen LogP contribution in [0.2, 0.25) is 0 Å². The highest BCUT2D eigenvalue weighted by atomic mass is 32.2. The molecule has 0 heterocycles. The van der Waals surface area contributed by atoms with Crippen LogP contribution in [0.3, 0.4) is 0 Å². The summed E-state index contributed by atoms with van der Waals surface area (Å²) in [5.41, 5.74) is 3.44. The Balaban J connectivity index is 1.59. The van der Waals surface area contributed by atoms with Crippen molar-refractivity contribution in [3.63, 3.8) is 0 Å². The van der Waals surface area contributed by atoms with Gasteiger partial charge in [-0.1, -0.05) is 24.3 Å². The van der Waals surface area contributed by atoms with E-state index in [4.69, 9.17) is 4.74 Å². The number of hydrogen-bond acceptors (Lipinski definition) is 5. The maximum atomic E-state index is 12.5. The Morgan fingerprint density at radius 3 is 2.62 bits per heavy atom. The molecular formula is C23H25NO4S. The number of hydrogen-bond donors (Lipinski definition) is 1. The molecule has 0 saturated heterocycles. The van der Waals surface area contributed by atoms with Gasteiger partial charge in [0.05, 0.1) is 11.3 Å². The molecule has 6 heteroatoms. The van der Waals surface area contributed by atoms with Crippen LogP contribution in [0, 0.1) is 0 Å². The quantitative estimate of drug-likeness (QED) is 0.406. The lowest BCUT2D eigenvalue weighted by molar-refractivity contribution is -0.119. The molecule has 0 atom stereocenters. The van der Waals surface area contributed by atoms with Crippen LogP contribution in [0.15, 0.2) is 47.4 Å². The number of thioether (sulfide) groups is 1. The van der Waals surface area contributed by atoms with E-state index in [1.165, 1.54) is 22.9 Å². The van der Waals surface area contributed by atoms with Crippen molar-refractivity contribution >= 4 is 29.4 Å². The molecule has 152 valence electrons. The summed E-state index contributed by atoms with van der Waals surface area (Å²) in [7, 11) is 0. The number of benzene rings is 2. The third-order valence-electron chi connectivity index (χ3n) is 4.67. The molecule has 1 amide bonds. The second kappa shape index (κ2) is 9.74. The van der Waals surface area contributed by atoms with Gasteiger partial charge < -0.3 is 10.1 Å². The summed E-state index contributed by atoms with van der Waals surface area (Å²) in [6.45, 7) is 3.49. The molecule has 0 unspecified atom stereocenters. The SMILES string of the molecule is CC(C)NC(=O)CSc1ccccc1C(=O)OCC(=O)c1ccc2c(c1)CCC2. The Labute approximate surface area is 175 Å². The van der Waals surface area contributed by atoms with Crippen LogP contribution in [0.1, 0.15) is 52.1 Å². The topological polar surface area (TPSA) is 72.5 Å². The molecule has 0 radical (unpaired) electrons. The third-order valence-corrected chi connectivity index (χ3v) is 5.74. The fourth-order valence-electron chi connectivity index (χ4n) is 3.31. The van der Waals surface area contributed by atoms with E-state index in [0.717, 1.165) is 19.3 Å². The van der Waals surface area contributed by atoms with Crippen LogP contribution in [0.4, 0.5) is 0 Å². The van der Waals surface area contributed by atoms with Crippen molar-refractivity contribution in [3.05, 3.63) is 64.7 Å². The largest absolute Gasteiger partial charge is 0.454 e. The number of carbonyl (C=O) groups excluding carboxylic acids is 3. The predicted octanol–water partition coefficient (Wildman–Crippen LogP) is 3.83. The van der Waals surface area contributed by atoms with E-state index >= 15 is 0 Å². The molecule has 0 aromatic heterocycles. The lowest BCUT2D eigenvalue weighted by atomic mass is 10.0. The predicted molar refractivity (Wildman–Crippen MR) is 114 cm³/mol. The number of aryl methyl sites for hydroxylation is 2. The average molecular weight is 412 g/mol. The van der Waals surface area contributed by atoms with Gasteiger partial charge in [0.2, 0.25) is 5.91 Å². The summed E-state index contributed by atoms with van der Waals surface area (Å²) in [5.74, 6) is -0.669. The van der Waals surface area contributed by atoms with Crippen LogP contribution >= 0.6 is 11.8 Å². The van der Waals surface area contributed by atoms with Gasteiger partial charge in [-0.05, 0) is 62.4 Å². The van der Waals surface area contributed by atoms with Crippen molar-refractivity contribution in [3.8, 4) is 0 Å². The number of nitrogens with one attached hydrogen (secondary N) is 1. The van der Waals surface area contributed by atoms with Crippen LogP contribution in [0.25, 0.3) is 0 Å². The highest BCUT2D eigenvalue weighted by Crippen LogP contribution is 2.24. The lowest BCUT2D eigenvalue weighted by Crippen LogP contribution is -2.31. The van der Waals surface area contributed by atoms with Crippen molar-refractivity contribution < 1.29 is 19.1 Å². The first-order chi connectivity index (χ1) is 13.9. The van der Waals surface area contributed by atoms with E-state index in [1.54, 1.807) is 30.3 Å². The Morgan fingerprint density at radius 1 is 1.07 bits per heavy atom. The van der Waals surface area contributed by atoms with Gasteiger partial charge in [-0.25, -0.2) is 4.79 Å². The summed E-state index contributed by atoms with van der Waals surface area (Å²) in [5, 5.41) is 2.82. The number of esters is 1. The molecule has 0 saturated carbocycles. The summed E-state index contributed by atoms with van der Waals surface area (Å²) >= 11 is 1.27. The smallest absolute Gasteiger partial charge is 0.339 e. The van der Waals surface area contributed by atoms with E-state index in [1.807, 2.05) is 26.0 Å². The number of Topliss-reactive ketones (excluding diaryl/α,β-unsaturated/α-hetero) is 1. The molecule has 0 bridgehead atoms. The molecular weight excluding hydrogens is 386 g/mol. The minimum atomic E-state index is -0.563. The first-order valence-corrected chi connectivity index (χ1v) is 10.8. The van der Waals surface area contributed by atoms with Crippen molar-refractivity contribution in [2.24, 2.45) is 0 Å². The molecule has 2 aromatic rings. The third kappa shape index (κ3) is 5.70. The van der Waals surface area contributed by atoms with Crippen LogP contribution < -0.4 is 5.32 Å². The Bertz CT molecular complexity index is 923. The van der Waals surface area contributed by atoms with Crippen LogP contribution in [-0.2, 0) is 22.4 Å². The lowest BCUT2D eigenvalue weighted by Gasteiger charge is -2.11. The molecule has 5 nitrogen and oxygen atoms in total. The van der Waals surface area contributed by atoms with Crippen LogP contribution in [0.5, 0.6) is 0 Å². The van der Waals surface area contributed by atoms with Gasteiger partial charge in [0.1, 0.15) is 0 Å². The summed E-state index contributed by atoms with van der Waals surface area (Å²) in [6, 6.07) is 12.7. The fourth-order valence-corrected chi connectivity index (χ4v) is 4.16. The summed E-state index contributed by atoms with van der Waals surface area (Å²) in [6.07, 6.45) is 3.17. The highest BCUT2D eigenvalue weighted by molar-refractivity contribution is 8.00. The standard InChI is InChI=1S/C23H25NO4S/c1-15(2)24-22(26)14-29-21-9-4-3-8-19(21)23(27)28-13-20(25)18-11-10-16-6-5-7-17(16)12-18/h3-4,8-12,15H,5-7,13-14H2,1-2H3,(H,24,26). The van der Waals surface area contributed by atoms with Crippen molar-refractivity contribution in [2.75, 3.05) is 12.4 Å². The molecule has 1 N–H and O–H groups in total. The molecule has 3 rings (SSSR count). The van der Waals surface area contributed by atoms with E-state index in [2.05, 4.69) is 5.32 Å². The first-order valence-electron chi connectivity index (χ1n) is 9.77. The minimum Gasteiger partial charge on any atom is -0.454 e. The second-order valence-corrected chi connectivity index (χ2v) is 8.36. The van der Waals surface area contributed by atoms with Gasteiger partial charge in [0, 0.05) is 16.5 Å². The summed E-state index contributed by atoms with van der Waals surface area (Å²) in [4.78, 5) is 37.5. The number of carbonyl (C=O) groups is 3. The second-order valence-electron chi connectivity index (χ2n) is 7.34. The van der Waals surface area contributed by atoms with Crippen LogP contribution in [-0.4, -0.2) is 36.1 Å². The maximum Gasteiger partial charge on any atom is 0.339 e. The Kier molecular flexibility index (Phi) is 7.09. The van der Waals surface area contributed by atoms with E-state index in [0.29, 0.717) is 16.0 Å². The zero-order valence-electron chi connectivity index (χ0n) is 16.7. The summed E-state index contributed by atoms with van der Waals surface area (Å²) < 4.78 is 5.27. The van der Waals surface area contributed by atoms with Gasteiger partial charge in [-0.2, -0.15) is 0 Å². The Hall–Kier alpha value is -2.60. The normalized spacial score (nSPS) is 12.5. The number of rotatable bonds is 8. The first kappa shape index (κ1) is 21.1. The monoisotopic (exact) mass is 411 g/mol. The van der Waals surface area contributed by atoms with E-state index in [9.17, 15) is 14.4 Å². The molecule has 1 aliphatic carbocycles. The molecule has 29 heavy (non-hydrogen) atoms. The zero-order chi connectivity index (χ0) is 20.8. The number of fused-ring (bicyclic) bond motifs is 1. The van der Waals surface area contributed by atoms with Crippen molar-refractivity contribution in [1.82, 2.24) is 5.32 Å². The number of ketones is 1. The number of amides is 1. The number of ether oxygens (including phenoxy) is 1. The van der Waals surface area contributed by atoms with Gasteiger partial charge in [-0.3, -0.25) is 9.59 Å². The van der Waals surface area contributed by atoms with Gasteiger partial charge in [0.25, 0.3) is 0 Å². The average Bonchev–Trinajstić information content (AvgIpc) is 3.17. The molecule has 2 aromatic carbocycles. The van der Waals surface area contributed by atoms with E-state index in [-0.39, 0.29) is 30.1 Å². The van der Waals surface area contributed by atoms with Crippen molar-refractivity contribution in [2.45, 2.75) is 44.0 Å². The molecule has 0 aliphatic heterocycles. The van der Waals surface area contributed by atoms with E-state index < -0.39 is 5.97 Å². The van der Waals surface area contributed by atoms with Crippen molar-refractivity contribution in [1.29, 1.82) is 0 Å². The molecule has 0 fully saturated rings. The highest BCUT2D eigenvalue weighted by Gasteiger charge is 2.18. The minimum absolute atomic E-state index is 0.0635. The molecule has 1 aliphatic rings. The molecule has 0 spiro atoms. The van der Waals surface area contributed by atoms with Gasteiger partial charge in [0.15, 0.2) is 12.4 Å². The Morgan fingerprint density at radius 2 is 1.83 bits per heavy atom. The van der Waals surface area contributed by atoms with Gasteiger partial charge >= 0.3 is 5.97 Å². The maximum absolute atomic E-state index is 12.5. The van der Waals surface area contributed by atoms with Gasteiger partial charge in [-0.15, -0.1) is 11.8 Å².